The van der Waals surface area contributed by atoms with Crippen molar-refractivity contribution in [2.24, 2.45) is 5.92 Å². The van der Waals surface area contributed by atoms with Crippen molar-refractivity contribution >= 4 is 12.0 Å². The predicted octanol–water partition coefficient (Wildman–Crippen LogP) is 1.70. The third-order valence-corrected chi connectivity index (χ3v) is 3.91. The first-order valence-electron chi connectivity index (χ1n) is 7.22. The minimum absolute atomic E-state index is 0.279. The molecule has 0 spiro atoms. The summed E-state index contributed by atoms with van der Waals surface area (Å²) in [5, 5.41) is 11.9. The summed E-state index contributed by atoms with van der Waals surface area (Å²) >= 11 is 0. The quantitative estimate of drug-likeness (QED) is 0.779. The van der Waals surface area contributed by atoms with Crippen LogP contribution in [-0.4, -0.2) is 54.4 Å². The van der Waals surface area contributed by atoms with Crippen molar-refractivity contribution in [3.8, 4) is 0 Å². The monoisotopic (exact) mass is 286 g/mol. The van der Waals surface area contributed by atoms with Crippen molar-refractivity contribution < 1.29 is 19.4 Å². The molecule has 1 fully saturated rings. The zero-order valence-electron chi connectivity index (χ0n) is 12.6. The van der Waals surface area contributed by atoms with Crippen molar-refractivity contribution in [1.82, 2.24) is 10.2 Å². The summed E-state index contributed by atoms with van der Waals surface area (Å²) < 4.78 is 5.12. The Hall–Kier alpha value is -1.30. The van der Waals surface area contributed by atoms with E-state index in [-0.39, 0.29) is 6.03 Å². The Bertz CT molecular complexity index is 340. The first-order chi connectivity index (χ1) is 9.42. The summed E-state index contributed by atoms with van der Waals surface area (Å²) in [7, 11) is 1.68. The van der Waals surface area contributed by atoms with E-state index in [0.717, 1.165) is 19.4 Å². The summed E-state index contributed by atoms with van der Waals surface area (Å²) in [5.74, 6) is -0.493. The van der Waals surface area contributed by atoms with Gasteiger partial charge in [-0.1, -0.05) is 13.3 Å². The fourth-order valence-electron chi connectivity index (χ4n) is 2.58. The van der Waals surface area contributed by atoms with E-state index in [9.17, 15) is 14.7 Å². The van der Waals surface area contributed by atoms with Crippen molar-refractivity contribution in [3.05, 3.63) is 0 Å². The molecule has 0 radical (unpaired) electrons. The number of ether oxygens (including phenoxy) is 1. The van der Waals surface area contributed by atoms with Gasteiger partial charge in [-0.15, -0.1) is 0 Å². The second kappa shape index (κ2) is 7.47. The number of nitrogens with zero attached hydrogens (tertiary/aromatic N) is 1. The topological polar surface area (TPSA) is 78.9 Å². The van der Waals surface area contributed by atoms with Crippen LogP contribution in [-0.2, 0) is 9.53 Å². The van der Waals surface area contributed by atoms with E-state index in [1.165, 1.54) is 0 Å². The maximum absolute atomic E-state index is 12.2. The molecule has 2 amide bonds. The Morgan fingerprint density at radius 2 is 2.00 bits per heavy atom. The van der Waals surface area contributed by atoms with Crippen LogP contribution in [0.1, 0.15) is 39.5 Å². The molecule has 0 aromatic rings. The molecule has 1 heterocycles. The molecule has 0 bridgehead atoms. The van der Waals surface area contributed by atoms with Crippen molar-refractivity contribution in [2.45, 2.75) is 45.1 Å². The number of rotatable bonds is 6. The minimum atomic E-state index is -1.19. The Morgan fingerprint density at radius 1 is 1.40 bits per heavy atom. The van der Waals surface area contributed by atoms with Gasteiger partial charge in [0.2, 0.25) is 0 Å². The number of carbonyl (C=O) groups excluding carboxylic acids is 1. The summed E-state index contributed by atoms with van der Waals surface area (Å²) in [6, 6.07) is -0.279. The predicted molar refractivity (Wildman–Crippen MR) is 75.7 cm³/mol. The average Bonchev–Trinajstić information content (AvgIpc) is 2.40. The fraction of sp³-hybridized carbons (Fsp3) is 0.857. The smallest absolute Gasteiger partial charge is 0.329 e. The second-order valence-corrected chi connectivity index (χ2v) is 5.70. The van der Waals surface area contributed by atoms with Crippen LogP contribution in [0.3, 0.4) is 0 Å². The Balaban J connectivity index is 2.52. The molecule has 0 aromatic heterocycles. The highest BCUT2D eigenvalue weighted by Crippen LogP contribution is 2.19. The third kappa shape index (κ3) is 4.37. The molecule has 0 aliphatic carbocycles. The average molecular weight is 286 g/mol. The van der Waals surface area contributed by atoms with Crippen LogP contribution in [0.2, 0.25) is 0 Å². The lowest BCUT2D eigenvalue weighted by Gasteiger charge is -2.35. The fourth-order valence-corrected chi connectivity index (χ4v) is 2.58. The first-order valence-corrected chi connectivity index (χ1v) is 7.22. The molecule has 1 unspecified atom stereocenters. The van der Waals surface area contributed by atoms with Gasteiger partial charge in [0, 0.05) is 26.8 Å². The Labute approximate surface area is 120 Å². The largest absolute Gasteiger partial charge is 0.480 e. The molecule has 6 heteroatoms. The lowest BCUT2D eigenvalue weighted by Crippen LogP contribution is -2.57. The van der Waals surface area contributed by atoms with Gasteiger partial charge < -0.3 is 20.1 Å². The number of carboxylic acid groups (broad SMARTS) is 1. The van der Waals surface area contributed by atoms with Gasteiger partial charge in [0.05, 0.1) is 0 Å². The van der Waals surface area contributed by atoms with Gasteiger partial charge in [-0.25, -0.2) is 9.59 Å². The summed E-state index contributed by atoms with van der Waals surface area (Å²) in [6.45, 7) is 5.50. The first kappa shape index (κ1) is 16.8. The van der Waals surface area contributed by atoms with Crippen LogP contribution in [0.15, 0.2) is 0 Å². The normalized spacial score (nSPS) is 19.4. The van der Waals surface area contributed by atoms with E-state index < -0.39 is 11.5 Å². The SMILES string of the molecule is CCCC(C)(NC(=O)N1CCC(COC)CC1)C(=O)O. The summed E-state index contributed by atoms with van der Waals surface area (Å²) in [4.78, 5) is 25.2. The van der Waals surface area contributed by atoms with Crippen LogP contribution in [0.4, 0.5) is 4.79 Å². The molecular formula is C14H26N2O4. The minimum Gasteiger partial charge on any atom is -0.480 e. The number of nitrogens with one attached hydrogen (secondary N) is 1. The number of likely N-dealkylation sites (tertiary alicyclic amines) is 1. The van der Waals surface area contributed by atoms with Crippen molar-refractivity contribution in [3.63, 3.8) is 0 Å². The van der Waals surface area contributed by atoms with Gasteiger partial charge in [0.1, 0.15) is 5.54 Å². The molecule has 1 rings (SSSR count). The molecule has 6 nitrogen and oxygen atoms in total. The van der Waals surface area contributed by atoms with E-state index in [2.05, 4.69) is 5.32 Å². The Morgan fingerprint density at radius 3 is 2.45 bits per heavy atom. The van der Waals surface area contributed by atoms with Gasteiger partial charge in [0.25, 0.3) is 0 Å². The van der Waals surface area contributed by atoms with Gasteiger partial charge in [-0.2, -0.15) is 0 Å². The van der Waals surface area contributed by atoms with E-state index >= 15 is 0 Å². The Kier molecular flexibility index (Phi) is 6.26. The maximum atomic E-state index is 12.2. The second-order valence-electron chi connectivity index (χ2n) is 5.70. The van der Waals surface area contributed by atoms with E-state index in [1.54, 1.807) is 18.9 Å². The lowest BCUT2D eigenvalue weighted by atomic mass is 9.96. The van der Waals surface area contributed by atoms with Gasteiger partial charge in [0.15, 0.2) is 0 Å². The molecule has 1 aliphatic heterocycles. The highest BCUT2D eigenvalue weighted by Gasteiger charge is 2.35. The molecule has 116 valence electrons. The van der Waals surface area contributed by atoms with Gasteiger partial charge in [-0.3, -0.25) is 0 Å². The van der Waals surface area contributed by atoms with E-state index in [1.807, 2.05) is 6.92 Å². The number of aliphatic carboxylic acids is 1. The molecule has 1 aliphatic rings. The van der Waals surface area contributed by atoms with Crippen LogP contribution >= 0.6 is 0 Å². The van der Waals surface area contributed by atoms with Crippen LogP contribution in [0.5, 0.6) is 0 Å². The zero-order valence-corrected chi connectivity index (χ0v) is 12.6. The zero-order chi connectivity index (χ0) is 15.2. The molecule has 1 saturated heterocycles. The van der Waals surface area contributed by atoms with Gasteiger partial charge >= 0.3 is 12.0 Å². The maximum Gasteiger partial charge on any atom is 0.329 e. The van der Waals surface area contributed by atoms with Crippen molar-refractivity contribution in [1.29, 1.82) is 0 Å². The van der Waals surface area contributed by atoms with Crippen LogP contribution in [0.25, 0.3) is 0 Å². The number of carboxylic acids is 1. The molecule has 2 N–H and O–H groups in total. The molecule has 0 saturated carbocycles. The standard InChI is InChI=1S/C14H26N2O4/c1-4-7-14(2,12(17)18)15-13(19)16-8-5-11(6-9-16)10-20-3/h11H,4-10H2,1-3H3,(H,15,19)(H,17,18). The number of hydrogen-bond acceptors (Lipinski definition) is 3. The highest BCUT2D eigenvalue weighted by atomic mass is 16.5. The molecule has 1 atom stereocenters. The van der Waals surface area contributed by atoms with Crippen LogP contribution in [0, 0.1) is 5.92 Å². The number of methoxy groups -OCH3 is 1. The lowest BCUT2D eigenvalue weighted by molar-refractivity contribution is -0.144. The van der Waals surface area contributed by atoms with Gasteiger partial charge in [-0.05, 0) is 32.1 Å². The summed E-state index contributed by atoms with van der Waals surface area (Å²) in [6.07, 6.45) is 2.94. The molecular weight excluding hydrogens is 260 g/mol. The van der Waals surface area contributed by atoms with Crippen molar-refractivity contribution in [2.75, 3.05) is 26.8 Å². The van der Waals surface area contributed by atoms with E-state index in [4.69, 9.17) is 4.74 Å². The van der Waals surface area contributed by atoms with E-state index in [0.29, 0.717) is 31.8 Å². The number of hydrogen-bond donors (Lipinski definition) is 2. The number of amides is 2. The molecule has 0 aromatic carbocycles. The highest BCUT2D eigenvalue weighted by molar-refractivity contribution is 5.85. The number of carbonyl (C=O) groups is 2. The number of urea groups is 1. The third-order valence-electron chi connectivity index (χ3n) is 3.91. The molecule has 20 heavy (non-hydrogen) atoms. The number of piperidine rings is 1. The van der Waals surface area contributed by atoms with Crippen LogP contribution < -0.4 is 5.32 Å². The summed E-state index contributed by atoms with van der Waals surface area (Å²) in [5.41, 5.74) is -1.19.